The molecular weight excluding hydrogens is 292 g/mol. The third-order valence-electron chi connectivity index (χ3n) is 3.64. The van der Waals surface area contributed by atoms with Crippen LogP contribution in [0, 0.1) is 5.92 Å². The van der Waals surface area contributed by atoms with Crippen LogP contribution >= 0.6 is 0 Å². The van der Waals surface area contributed by atoms with E-state index in [0.29, 0.717) is 31.6 Å². The van der Waals surface area contributed by atoms with Gasteiger partial charge in [0.05, 0.1) is 4.90 Å². The number of anilines is 1. The van der Waals surface area contributed by atoms with Crippen LogP contribution in [0.25, 0.3) is 0 Å². The van der Waals surface area contributed by atoms with Gasteiger partial charge in [-0.25, -0.2) is 8.42 Å². The summed E-state index contributed by atoms with van der Waals surface area (Å²) >= 11 is 0. The fourth-order valence-electron chi connectivity index (χ4n) is 2.39. The summed E-state index contributed by atoms with van der Waals surface area (Å²) in [7, 11) is -3.50. The molecular formula is C14H20N2O4S. The van der Waals surface area contributed by atoms with Crippen LogP contribution in [0.3, 0.4) is 0 Å². The highest BCUT2D eigenvalue weighted by molar-refractivity contribution is 7.89. The minimum absolute atomic E-state index is 0.110. The Balaban J connectivity index is 2.11. The lowest BCUT2D eigenvalue weighted by Crippen LogP contribution is -2.39. The molecule has 0 spiro atoms. The van der Waals surface area contributed by atoms with Crippen molar-refractivity contribution in [3.05, 3.63) is 24.3 Å². The average Bonchev–Trinajstić information content (AvgIpc) is 2.47. The zero-order chi connectivity index (χ0) is 15.5. The van der Waals surface area contributed by atoms with Crippen molar-refractivity contribution in [3.63, 3.8) is 0 Å². The minimum Gasteiger partial charge on any atom is -0.396 e. The van der Waals surface area contributed by atoms with Crippen molar-refractivity contribution in [2.24, 2.45) is 5.92 Å². The number of aliphatic hydroxyl groups excluding tert-OH is 1. The molecule has 0 radical (unpaired) electrons. The van der Waals surface area contributed by atoms with Crippen LogP contribution in [0.5, 0.6) is 0 Å². The molecule has 1 heterocycles. The number of nitrogens with zero attached hydrogens (tertiary/aromatic N) is 1. The second-order valence-corrected chi connectivity index (χ2v) is 7.17. The van der Waals surface area contributed by atoms with Crippen molar-refractivity contribution in [1.82, 2.24) is 4.31 Å². The Morgan fingerprint density at radius 1 is 1.29 bits per heavy atom. The van der Waals surface area contributed by atoms with Gasteiger partial charge in [0.15, 0.2) is 0 Å². The van der Waals surface area contributed by atoms with Crippen molar-refractivity contribution in [3.8, 4) is 0 Å². The van der Waals surface area contributed by atoms with Crippen LogP contribution in [0.1, 0.15) is 19.8 Å². The van der Waals surface area contributed by atoms with Gasteiger partial charge < -0.3 is 10.4 Å². The number of hydrogen-bond acceptors (Lipinski definition) is 4. The summed E-state index contributed by atoms with van der Waals surface area (Å²) in [5.74, 6) is -0.00437. The third kappa shape index (κ3) is 3.81. The number of piperidine rings is 1. The first-order valence-corrected chi connectivity index (χ1v) is 8.36. The quantitative estimate of drug-likeness (QED) is 0.869. The van der Waals surface area contributed by atoms with Gasteiger partial charge in [0.2, 0.25) is 15.9 Å². The highest BCUT2D eigenvalue weighted by Gasteiger charge is 2.28. The van der Waals surface area contributed by atoms with Crippen LogP contribution < -0.4 is 5.32 Å². The fraction of sp³-hybridized carbons (Fsp3) is 0.500. The molecule has 0 saturated carbocycles. The summed E-state index contributed by atoms with van der Waals surface area (Å²) in [5, 5.41) is 11.7. The lowest BCUT2D eigenvalue weighted by atomic mass is 10.00. The van der Waals surface area contributed by atoms with Gasteiger partial charge in [-0.1, -0.05) is 0 Å². The molecule has 1 saturated heterocycles. The molecule has 21 heavy (non-hydrogen) atoms. The number of amides is 1. The molecule has 6 nitrogen and oxygen atoms in total. The lowest BCUT2D eigenvalue weighted by Gasteiger charge is -2.30. The summed E-state index contributed by atoms with van der Waals surface area (Å²) in [6, 6.07) is 6.15. The van der Waals surface area contributed by atoms with Gasteiger partial charge in [-0.05, 0) is 43.0 Å². The maximum absolute atomic E-state index is 12.5. The number of aliphatic hydroxyl groups is 1. The molecule has 2 N–H and O–H groups in total. The Labute approximate surface area is 124 Å². The largest absolute Gasteiger partial charge is 0.396 e. The molecule has 1 aliphatic heterocycles. The second kappa shape index (κ2) is 6.55. The standard InChI is InChI=1S/C14H20N2O4S/c1-11(18)15-13-2-4-14(5-3-13)21(19,20)16-8-6-12(10-17)7-9-16/h2-5,12,17H,6-10H2,1H3,(H,15,18). The molecule has 0 bridgehead atoms. The van der Waals surface area contributed by atoms with E-state index in [-0.39, 0.29) is 23.3 Å². The number of nitrogens with one attached hydrogen (secondary N) is 1. The summed E-state index contributed by atoms with van der Waals surface area (Å²) in [6.45, 7) is 2.37. The molecule has 0 unspecified atom stereocenters. The predicted molar refractivity (Wildman–Crippen MR) is 79.3 cm³/mol. The summed E-state index contributed by atoms with van der Waals surface area (Å²) in [4.78, 5) is 11.2. The molecule has 116 valence electrons. The first-order valence-electron chi connectivity index (χ1n) is 6.92. The molecule has 0 aromatic heterocycles. The van der Waals surface area contributed by atoms with E-state index in [9.17, 15) is 13.2 Å². The summed E-state index contributed by atoms with van der Waals surface area (Å²) in [5.41, 5.74) is 0.570. The van der Waals surface area contributed by atoms with E-state index >= 15 is 0 Å². The van der Waals surface area contributed by atoms with E-state index in [4.69, 9.17) is 5.11 Å². The SMILES string of the molecule is CC(=O)Nc1ccc(S(=O)(=O)N2CCC(CO)CC2)cc1. The molecule has 0 atom stereocenters. The Bertz CT molecular complexity index is 590. The Morgan fingerprint density at radius 3 is 2.33 bits per heavy atom. The first kappa shape index (κ1) is 15.9. The van der Waals surface area contributed by atoms with Crippen molar-refractivity contribution < 1.29 is 18.3 Å². The molecule has 7 heteroatoms. The van der Waals surface area contributed by atoms with Crippen molar-refractivity contribution in [2.75, 3.05) is 25.0 Å². The molecule has 1 fully saturated rings. The first-order chi connectivity index (χ1) is 9.93. The predicted octanol–water partition coefficient (Wildman–Crippen LogP) is 1.04. The number of benzene rings is 1. The molecule has 0 aliphatic carbocycles. The van der Waals surface area contributed by atoms with Crippen LogP contribution in [-0.4, -0.2) is 43.4 Å². The second-order valence-electron chi connectivity index (χ2n) is 5.24. The van der Waals surface area contributed by atoms with Crippen LogP contribution in [0.4, 0.5) is 5.69 Å². The zero-order valence-corrected chi connectivity index (χ0v) is 12.8. The number of carbonyl (C=O) groups excluding carboxylic acids is 1. The van der Waals surface area contributed by atoms with Gasteiger partial charge in [-0.3, -0.25) is 4.79 Å². The topological polar surface area (TPSA) is 86.7 Å². The Morgan fingerprint density at radius 2 is 1.86 bits per heavy atom. The van der Waals surface area contributed by atoms with E-state index in [2.05, 4.69) is 5.32 Å². The van der Waals surface area contributed by atoms with Gasteiger partial charge >= 0.3 is 0 Å². The number of carbonyl (C=O) groups is 1. The monoisotopic (exact) mass is 312 g/mol. The minimum atomic E-state index is -3.50. The summed E-state index contributed by atoms with van der Waals surface area (Å²) < 4.78 is 26.4. The maximum Gasteiger partial charge on any atom is 0.243 e. The number of rotatable bonds is 4. The van der Waals surface area contributed by atoms with Gasteiger partial charge in [-0.15, -0.1) is 0 Å². The smallest absolute Gasteiger partial charge is 0.243 e. The van der Waals surface area contributed by atoms with E-state index in [1.54, 1.807) is 12.1 Å². The van der Waals surface area contributed by atoms with Crippen molar-refractivity contribution in [2.45, 2.75) is 24.7 Å². The summed E-state index contributed by atoms with van der Waals surface area (Å²) in [6.07, 6.45) is 1.36. The highest BCUT2D eigenvalue weighted by Crippen LogP contribution is 2.24. The highest BCUT2D eigenvalue weighted by atomic mass is 32.2. The molecule has 1 aromatic rings. The van der Waals surface area contributed by atoms with Gasteiger partial charge in [0, 0.05) is 32.3 Å². The van der Waals surface area contributed by atoms with Gasteiger partial charge in [0.1, 0.15) is 0 Å². The molecule has 2 rings (SSSR count). The third-order valence-corrected chi connectivity index (χ3v) is 5.56. The normalized spacial score (nSPS) is 17.6. The molecule has 1 amide bonds. The van der Waals surface area contributed by atoms with E-state index in [1.165, 1.54) is 23.4 Å². The number of hydrogen-bond donors (Lipinski definition) is 2. The Kier molecular flexibility index (Phi) is 4.97. The Hall–Kier alpha value is -1.44. The van der Waals surface area contributed by atoms with E-state index in [0.717, 1.165) is 0 Å². The maximum atomic E-state index is 12.5. The average molecular weight is 312 g/mol. The van der Waals surface area contributed by atoms with E-state index in [1.807, 2.05) is 0 Å². The van der Waals surface area contributed by atoms with Crippen LogP contribution in [-0.2, 0) is 14.8 Å². The lowest BCUT2D eigenvalue weighted by molar-refractivity contribution is -0.114. The fourth-order valence-corrected chi connectivity index (χ4v) is 3.86. The number of sulfonamides is 1. The van der Waals surface area contributed by atoms with Crippen molar-refractivity contribution >= 4 is 21.6 Å². The van der Waals surface area contributed by atoms with E-state index < -0.39 is 10.0 Å². The van der Waals surface area contributed by atoms with Gasteiger partial charge in [0.25, 0.3) is 0 Å². The molecule has 1 aromatic carbocycles. The van der Waals surface area contributed by atoms with Crippen LogP contribution in [0.2, 0.25) is 0 Å². The van der Waals surface area contributed by atoms with Crippen molar-refractivity contribution in [1.29, 1.82) is 0 Å². The molecule has 1 aliphatic rings. The van der Waals surface area contributed by atoms with Gasteiger partial charge in [-0.2, -0.15) is 4.31 Å². The van der Waals surface area contributed by atoms with Crippen LogP contribution in [0.15, 0.2) is 29.2 Å². The zero-order valence-electron chi connectivity index (χ0n) is 11.9.